The molecule has 30 heavy (non-hydrogen) atoms. The predicted molar refractivity (Wildman–Crippen MR) is 108 cm³/mol. The largest absolute Gasteiger partial charge is 0.454 e. The van der Waals surface area contributed by atoms with Gasteiger partial charge in [0.15, 0.2) is 6.61 Å². The zero-order chi connectivity index (χ0) is 21.5. The number of nitrogens with zero attached hydrogens (tertiary/aromatic N) is 2. The molecule has 2 heterocycles. The van der Waals surface area contributed by atoms with E-state index in [0.717, 1.165) is 18.8 Å². The Morgan fingerprint density at radius 3 is 2.57 bits per heavy atom. The van der Waals surface area contributed by atoms with Crippen LogP contribution >= 0.6 is 0 Å². The number of morpholine rings is 1. The van der Waals surface area contributed by atoms with E-state index in [1.807, 2.05) is 24.3 Å². The lowest BCUT2D eigenvalue weighted by molar-refractivity contribution is -0.153. The third-order valence-electron chi connectivity index (χ3n) is 4.95. The van der Waals surface area contributed by atoms with E-state index in [1.165, 1.54) is 11.9 Å². The molecule has 1 atom stereocenters. The molecule has 2 N–H and O–H groups in total. The summed E-state index contributed by atoms with van der Waals surface area (Å²) in [7, 11) is 1.45. The van der Waals surface area contributed by atoms with Crippen LogP contribution in [0.25, 0.3) is 0 Å². The van der Waals surface area contributed by atoms with Crippen molar-refractivity contribution in [2.75, 3.05) is 56.7 Å². The number of benzene rings is 1. The van der Waals surface area contributed by atoms with Gasteiger partial charge in [0.05, 0.1) is 19.8 Å². The maximum Gasteiger partial charge on any atom is 0.329 e. The first-order valence-electron chi connectivity index (χ1n) is 9.85. The zero-order valence-electron chi connectivity index (χ0n) is 16.9. The number of rotatable bonds is 7. The van der Waals surface area contributed by atoms with Gasteiger partial charge in [-0.25, -0.2) is 4.79 Å². The molecule has 3 rings (SSSR count). The Labute approximate surface area is 174 Å². The molecule has 0 spiro atoms. The van der Waals surface area contributed by atoms with Crippen LogP contribution in [0.15, 0.2) is 24.3 Å². The van der Waals surface area contributed by atoms with Crippen LogP contribution in [0.4, 0.5) is 11.4 Å². The fraction of sp³-hybridized carbons (Fsp3) is 0.500. The van der Waals surface area contributed by atoms with E-state index in [-0.39, 0.29) is 24.8 Å². The summed E-state index contributed by atoms with van der Waals surface area (Å²) < 4.78 is 10.3. The van der Waals surface area contributed by atoms with Gasteiger partial charge in [-0.15, -0.1) is 0 Å². The van der Waals surface area contributed by atoms with Crippen LogP contribution in [0, 0.1) is 0 Å². The van der Waals surface area contributed by atoms with Gasteiger partial charge in [-0.2, -0.15) is 0 Å². The van der Waals surface area contributed by atoms with Crippen molar-refractivity contribution in [1.29, 1.82) is 0 Å². The smallest absolute Gasteiger partial charge is 0.329 e. The molecule has 2 aliphatic rings. The van der Waals surface area contributed by atoms with Crippen LogP contribution in [-0.2, 0) is 28.7 Å². The normalized spacial score (nSPS) is 18.5. The van der Waals surface area contributed by atoms with Crippen molar-refractivity contribution in [2.24, 2.45) is 0 Å². The fourth-order valence-electron chi connectivity index (χ4n) is 3.22. The molecular weight excluding hydrogens is 392 g/mol. The summed E-state index contributed by atoms with van der Waals surface area (Å²) in [6, 6.07) is 6.76. The summed E-state index contributed by atoms with van der Waals surface area (Å²) in [5.74, 6) is -1.73. The second kappa shape index (κ2) is 10.1. The standard InChI is InChI=1S/C20H26N4O6/c1-23(19(27)13-30-20(28)16-6-7-17(25)22-16)12-18(26)21-14-2-4-15(5-3-14)24-8-10-29-11-9-24/h2-5,16H,6-13H2,1H3,(H,21,26)(H,22,25)/t16-/m1/s1. The summed E-state index contributed by atoms with van der Waals surface area (Å²) in [5.41, 5.74) is 1.69. The summed E-state index contributed by atoms with van der Waals surface area (Å²) in [6.07, 6.45) is 0.621. The minimum absolute atomic E-state index is 0.179. The number of likely N-dealkylation sites (N-methyl/N-ethyl adjacent to an activating group) is 1. The zero-order valence-corrected chi connectivity index (χ0v) is 16.9. The van der Waals surface area contributed by atoms with Crippen molar-refractivity contribution in [2.45, 2.75) is 18.9 Å². The molecular formula is C20H26N4O6. The Bertz CT molecular complexity index is 791. The highest BCUT2D eigenvalue weighted by atomic mass is 16.5. The Morgan fingerprint density at radius 1 is 1.23 bits per heavy atom. The predicted octanol–water partition coefficient (Wildman–Crippen LogP) is -0.258. The number of esters is 1. The van der Waals surface area contributed by atoms with E-state index < -0.39 is 24.5 Å². The van der Waals surface area contributed by atoms with Crippen molar-refractivity contribution in [3.05, 3.63) is 24.3 Å². The first kappa shape index (κ1) is 21.6. The highest BCUT2D eigenvalue weighted by molar-refractivity contribution is 5.95. The van der Waals surface area contributed by atoms with Gasteiger partial charge in [-0.1, -0.05) is 0 Å². The topological polar surface area (TPSA) is 117 Å². The summed E-state index contributed by atoms with van der Waals surface area (Å²) in [4.78, 5) is 50.7. The van der Waals surface area contributed by atoms with Crippen molar-refractivity contribution in [3.63, 3.8) is 0 Å². The van der Waals surface area contributed by atoms with Gasteiger partial charge in [0.2, 0.25) is 11.8 Å². The molecule has 3 amide bonds. The number of hydrogen-bond donors (Lipinski definition) is 2. The van der Waals surface area contributed by atoms with Gasteiger partial charge in [0, 0.05) is 37.9 Å². The molecule has 0 radical (unpaired) electrons. The summed E-state index contributed by atoms with van der Waals surface area (Å²) in [5, 5.41) is 5.22. The monoisotopic (exact) mass is 418 g/mol. The van der Waals surface area contributed by atoms with Crippen molar-refractivity contribution in [1.82, 2.24) is 10.2 Å². The maximum atomic E-state index is 12.2. The Balaban J connectivity index is 1.40. The number of nitrogens with one attached hydrogen (secondary N) is 2. The van der Waals surface area contributed by atoms with Crippen molar-refractivity contribution in [3.8, 4) is 0 Å². The average Bonchev–Trinajstić information content (AvgIpc) is 3.19. The lowest BCUT2D eigenvalue weighted by Crippen LogP contribution is -2.40. The first-order chi connectivity index (χ1) is 14.4. The summed E-state index contributed by atoms with van der Waals surface area (Å²) >= 11 is 0. The van der Waals surface area contributed by atoms with Crippen molar-refractivity contribution < 1.29 is 28.7 Å². The van der Waals surface area contributed by atoms with Gasteiger partial charge in [-0.3, -0.25) is 14.4 Å². The summed E-state index contributed by atoms with van der Waals surface area (Å²) in [6.45, 7) is 2.39. The van der Waals surface area contributed by atoms with E-state index in [9.17, 15) is 19.2 Å². The van der Waals surface area contributed by atoms with E-state index in [1.54, 1.807) is 0 Å². The quantitative estimate of drug-likeness (QED) is 0.586. The number of hydrogen-bond acceptors (Lipinski definition) is 7. The van der Waals surface area contributed by atoms with E-state index >= 15 is 0 Å². The van der Waals surface area contributed by atoms with Crippen molar-refractivity contribution >= 4 is 35.1 Å². The Hall–Kier alpha value is -3.14. The van der Waals surface area contributed by atoms with Crippen LogP contribution < -0.4 is 15.5 Å². The number of carbonyl (C=O) groups excluding carboxylic acids is 4. The molecule has 0 aromatic heterocycles. The van der Waals surface area contributed by atoms with Gasteiger partial charge in [0.25, 0.3) is 5.91 Å². The number of amides is 3. The minimum atomic E-state index is -0.709. The second-order valence-electron chi connectivity index (χ2n) is 7.21. The third-order valence-corrected chi connectivity index (χ3v) is 4.95. The second-order valence-corrected chi connectivity index (χ2v) is 7.21. The van der Waals surface area contributed by atoms with Crippen LogP contribution in [0.3, 0.4) is 0 Å². The molecule has 162 valence electrons. The SMILES string of the molecule is CN(CC(=O)Nc1ccc(N2CCOCC2)cc1)C(=O)COC(=O)[C@H]1CCC(=O)N1. The van der Waals surface area contributed by atoms with E-state index in [0.29, 0.717) is 25.3 Å². The van der Waals surface area contributed by atoms with Crippen LogP contribution in [0.2, 0.25) is 0 Å². The Morgan fingerprint density at radius 2 is 1.93 bits per heavy atom. The van der Waals surface area contributed by atoms with E-state index in [4.69, 9.17) is 9.47 Å². The third kappa shape index (κ3) is 5.93. The van der Waals surface area contributed by atoms with E-state index in [2.05, 4.69) is 15.5 Å². The molecule has 0 unspecified atom stereocenters. The first-order valence-corrected chi connectivity index (χ1v) is 9.85. The van der Waals surface area contributed by atoms with Crippen LogP contribution in [0.1, 0.15) is 12.8 Å². The number of anilines is 2. The minimum Gasteiger partial charge on any atom is -0.454 e. The Kier molecular flexibility index (Phi) is 7.23. The average molecular weight is 418 g/mol. The van der Waals surface area contributed by atoms with Gasteiger partial charge in [0.1, 0.15) is 6.04 Å². The molecule has 1 aromatic carbocycles. The lowest BCUT2D eigenvalue weighted by atomic mass is 10.2. The molecule has 10 nitrogen and oxygen atoms in total. The van der Waals surface area contributed by atoms with Gasteiger partial charge < -0.3 is 29.9 Å². The molecule has 0 bridgehead atoms. The number of ether oxygens (including phenoxy) is 2. The maximum absolute atomic E-state index is 12.2. The van der Waals surface area contributed by atoms with Gasteiger partial charge >= 0.3 is 5.97 Å². The molecule has 10 heteroatoms. The molecule has 2 saturated heterocycles. The molecule has 0 aliphatic carbocycles. The van der Waals surface area contributed by atoms with Crippen LogP contribution in [-0.4, -0.2) is 81.1 Å². The highest BCUT2D eigenvalue weighted by Gasteiger charge is 2.29. The molecule has 1 aromatic rings. The highest BCUT2D eigenvalue weighted by Crippen LogP contribution is 2.19. The fourth-order valence-corrected chi connectivity index (χ4v) is 3.22. The molecule has 0 saturated carbocycles. The number of carbonyl (C=O) groups is 4. The molecule has 2 aliphatic heterocycles. The lowest BCUT2D eigenvalue weighted by Gasteiger charge is -2.28. The molecule has 2 fully saturated rings. The van der Waals surface area contributed by atoms with Crippen LogP contribution in [0.5, 0.6) is 0 Å². The van der Waals surface area contributed by atoms with Gasteiger partial charge in [-0.05, 0) is 30.7 Å².